The molecule has 1 aliphatic heterocycles. The molecule has 1 aromatic heterocycles. The van der Waals surface area contributed by atoms with E-state index in [9.17, 15) is 18.4 Å². The SMILES string of the molecule is O=C(Nc1ccc(-c2cc(F)cc(F)c2)cn1)C1CCC(N2CCC2=O)CC1. The van der Waals surface area contributed by atoms with Crippen LogP contribution in [0.4, 0.5) is 14.6 Å². The zero-order chi connectivity index (χ0) is 19.7. The van der Waals surface area contributed by atoms with E-state index in [-0.39, 0.29) is 23.8 Å². The van der Waals surface area contributed by atoms with Crippen LogP contribution in [0.2, 0.25) is 0 Å². The fourth-order valence-electron chi connectivity index (χ4n) is 3.96. The lowest BCUT2D eigenvalue weighted by Gasteiger charge is -2.41. The first-order valence-corrected chi connectivity index (χ1v) is 9.52. The van der Waals surface area contributed by atoms with Crippen molar-refractivity contribution in [3.05, 3.63) is 48.2 Å². The van der Waals surface area contributed by atoms with Crippen LogP contribution in [-0.4, -0.2) is 34.3 Å². The van der Waals surface area contributed by atoms with Gasteiger partial charge in [0.25, 0.3) is 0 Å². The molecule has 5 nitrogen and oxygen atoms in total. The van der Waals surface area contributed by atoms with E-state index in [1.54, 1.807) is 12.1 Å². The molecule has 0 atom stereocenters. The molecular weight excluding hydrogens is 364 g/mol. The second-order valence-corrected chi connectivity index (χ2v) is 7.42. The molecule has 7 heteroatoms. The van der Waals surface area contributed by atoms with E-state index in [2.05, 4.69) is 10.3 Å². The van der Waals surface area contributed by atoms with E-state index >= 15 is 0 Å². The van der Waals surface area contributed by atoms with Crippen molar-refractivity contribution in [2.24, 2.45) is 5.92 Å². The highest BCUT2D eigenvalue weighted by molar-refractivity contribution is 5.92. The minimum atomic E-state index is -0.650. The molecule has 1 saturated heterocycles. The Hall–Kier alpha value is -2.83. The van der Waals surface area contributed by atoms with Crippen LogP contribution >= 0.6 is 0 Å². The summed E-state index contributed by atoms with van der Waals surface area (Å²) in [7, 11) is 0. The Bertz CT molecular complexity index is 873. The Morgan fingerprint density at radius 1 is 1.04 bits per heavy atom. The lowest BCUT2D eigenvalue weighted by molar-refractivity contribution is -0.144. The molecule has 0 bridgehead atoms. The Kier molecular flexibility index (Phi) is 5.07. The second kappa shape index (κ2) is 7.66. The van der Waals surface area contributed by atoms with E-state index in [1.807, 2.05) is 4.90 Å². The Labute approximate surface area is 161 Å². The van der Waals surface area contributed by atoms with Gasteiger partial charge in [-0.15, -0.1) is 0 Å². The molecule has 2 aliphatic rings. The minimum Gasteiger partial charge on any atom is -0.339 e. The zero-order valence-electron chi connectivity index (χ0n) is 15.3. The molecule has 4 rings (SSSR count). The van der Waals surface area contributed by atoms with Crippen molar-refractivity contribution >= 4 is 17.6 Å². The molecule has 1 N–H and O–H groups in total. The van der Waals surface area contributed by atoms with Gasteiger partial charge < -0.3 is 10.2 Å². The lowest BCUT2D eigenvalue weighted by atomic mass is 9.83. The summed E-state index contributed by atoms with van der Waals surface area (Å²) < 4.78 is 26.7. The molecule has 2 aromatic rings. The summed E-state index contributed by atoms with van der Waals surface area (Å²) in [6.07, 6.45) is 5.32. The van der Waals surface area contributed by atoms with Crippen LogP contribution in [0.3, 0.4) is 0 Å². The van der Waals surface area contributed by atoms with Crippen molar-refractivity contribution in [2.45, 2.75) is 38.1 Å². The third-order valence-electron chi connectivity index (χ3n) is 5.61. The molecule has 0 unspecified atom stereocenters. The third-order valence-corrected chi connectivity index (χ3v) is 5.61. The van der Waals surface area contributed by atoms with E-state index in [0.717, 1.165) is 38.3 Å². The maximum atomic E-state index is 13.4. The number of rotatable bonds is 4. The van der Waals surface area contributed by atoms with Crippen LogP contribution in [0.1, 0.15) is 32.1 Å². The highest BCUT2D eigenvalue weighted by atomic mass is 19.1. The number of hydrogen-bond acceptors (Lipinski definition) is 3. The van der Waals surface area contributed by atoms with Gasteiger partial charge in [-0.3, -0.25) is 9.59 Å². The fraction of sp³-hybridized carbons (Fsp3) is 0.381. The number of amides is 2. The van der Waals surface area contributed by atoms with Crippen LogP contribution < -0.4 is 5.32 Å². The molecule has 28 heavy (non-hydrogen) atoms. The number of β-lactam (4-membered cyclic amide) rings is 1. The molecule has 146 valence electrons. The van der Waals surface area contributed by atoms with Gasteiger partial charge in [-0.05, 0) is 55.5 Å². The number of nitrogens with zero attached hydrogens (tertiary/aromatic N) is 2. The number of nitrogens with one attached hydrogen (secondary N) is 1. The highest BCUT2D eigenvalue weighted by Crippen LogP contribution is 2.31. The predicted octanol–water partition coefficient (Wildman–Crippen LogP) is 3.76. The maximum absolute atomic E-state index is 13.4. The number of pyridine rings is 1. The number of halogens is 2. The molecule has 1 aromatic carbocycles. The molecule has 0 radical (unpaired) electrons. The summed E-state index contributed by atoms with van der Waals surface area (Å²) in [4.78, 5) is 30.2. The summed E-state index contributed by atoms with van der Waals surface area (Å²) in [6.45, 7) is 0.839. The average molecular weight is 385 g/mol. The van der Waals surface area contributed by atoms with Gasteiger partial charge in [0.05, 0.1) is 0 Å². The van der Waals surface area contributed by atoms with Crippen LogP contribution in [0.15, 0.2) is 36.5 Å². The van der Waals surface area contributed by atoms with Crippen LogP contribution in [-0.2, 0) is 9.59 Å². The van der Waals surface area contributed by atoms with Crippen molar-refractivity contribution in [2.75, 3.05) is 11.9 Å². The van der Waals surface area contributed by atoms with E-state index < -0.39 is 11.6 Å². The van der Waals surface area contributed by atoms with Crippen LogP contribution in [0.5, 0.6) is 0 Å². The Morgan fingerprint density at radius 2 is 1.75 bits per heavy atom. The van der Waals surface area contributed by atoms with Gasteiger partial charge in [-0.1, -0.05) is 0 Å². The van der Waals surface area contributed by atoms with Crippen molar-refractivity contribution in [3.8, 4) is 11.1 Å². The first-order chi connectivity index (χ1) is 13.5. The molecule has 2 fully saturated rings. The molecule has 2 heterocycles. The Balaban J connectivity index is 1.34. The first-order valence-electron chi connectivity index (χ1n) is 9.52. The van der Waals surface area contributed by atoms with E-state index in [0.29, 0.717) is 23.4 Å². The number of carbonyl (C=O) groups is 2. The van der Waals surface area contributed by atoms with Gasteiger partial charge in [0, 0.05) is 42.8 Å². The molecule has 1 aliphatic carbocycles. The largest absolute Gasteiger partial charge is 0.339 e. The molecule has 0 spiro atoms. The topological polar surface area (TPSA) is 62.3 Å². The molecule has 1 saturated carbocycles. The normalized spacial score (nSPS) is 21.9. The monoisotopic (exact) mass is 385 g/mol. The van der Waals surface area contributed by atoms with Gasteiger partial charge in [0.2, 0.25) is 11.8 Å². The summed E-state index contributed by atoms with van der Waals surface area (Å²) in [5.41, 5.74) is 0.956. The summed E-state index contributed by atoms with van der Waals surface area (Å²) in [5, 5.41) is 2.82. The van der Waals surface area contributed by atoms with E-state index in [4.69, 9.17) is 0 Å². The van der Waals surface area contributed by atoms with Crippen molar-refractivity contribution in [1.82, 2.24) is 9.88 Å². The quantitative estimate of drug-likeness (QED) is 0.816. The number of anilines is 1. The third kappa shape index (κ3) is 3.88. The fourth-order valence-corrected chi connectivity index (χ4v) is 3.96. The molecule has 2 amide bonds. The van der Waals surface area contributed by atoms with Gasteiger partial charge in [0.1, 0.15) is 17.5 Å². The summed E-state index contributed by atoms with van der Waals surface area (Å²) in [5.74, 6) is -0.844. The van der Waals surface area contributed by atoms with E-state index in [1.165, 1.54) is 18.3 Å². The van der Waals surface area contributed by atoms with Crippen molar-refractivity contribution in [1.29, 1.82) is 0 Å². The number of hydrogen-bond donors (Lipinski definition) is 1. The Morgan fingerprint density at radius 3 is 2.29 bits per heavy atom. The van der Waals surface area contributed by atoms with Crippen LogP contribution in [0, 0.1) is 17.6 Å². The predicted molar refractivity (Wildman–Crippen MR) is 100 cm³/mol. The van der Waals surface area contributed by atoms with Gasteiger partial charge in [-0.25, -0.2) is 13.8 Å². The summed E-state index contributed by atoms with van der Waals surface area (Å²) in [6, 6.07) is 6.86. The van der Waals surface area contributed by atoms with Crippen molar-refractivity contribution < 1.29 is 18.4 Å². The summed E-state index contributed by atoms with van der Waals surface area (Å²) >= 11 is 0. The standard InChI is InChI=1S/C21H21F2N3O2/c22-16-9-15(10-17(23)11-16)14-3-6-19(24-12-14)25-21(28)13-1-4-18(5-2-13)26-8-7-20(26)27/h3,6,9-13,18H,1-2,4-5,7-8H2,(H,24,25,28). The first kappa shape index (κ1) is 18.5. The zero-order valence-corrected chi connectivity index (χ0v) is 15.3. The smallest absolute Gasteiger partial charge is 0.228 e. The second-order valence-electron chi connectivity index (χ2n) is 7.42. The lowest BCUT2D eigenvalue weighted by Crippen LogP contribution is -2.51. The number of carbonyl (C=O) groups excluding carboxylic acids is 2. The van der Waals surface area contributed by atoms with Gasteiger partial charge in [-0.2, -0.15) is 0 Å². The average Bonchev–Trinajstić information content (AvgIpc) is 2.67. The number of aromatic nitrogens is 1. The minimum absolute atomic E-state index is 0.0783. The van der Waals surface area contributed by atoms with Crippen LogP contribution in [0.25, 0.3) is 11.1 Å². The highest BCUT2D eigenvalue weighted by Gasteiger charge is 2.35. The number of likely N-dealkylation sites (tertiary alicyclic amines) is 1. The van der Waals surface area contributed by atoms with Gasteiger partial charge in [0.15, 0.2) is 0 Å². The maximum Gasteiger partial charge on any atom is 0.228 e. The van der Waals surface area contributed by atoms with Gasteiger partial charge >= 0.3 is 0 Å². The molecular formula is C21H21F2N3O2. The number of benzene rings is 1. The van der Waals surface area contributed by atoms with Crippen molar-refractivity contribution in [3.63, 3.8) is 0 Å².